The summed E-state index contributed by atoms with van der Waals surface area (Å²) < 4.78 is 4.74. The lowest BCUT2D eigenvalue weighted by Crippen LogP contribution is -2.19. The van der Waals surface area contributed by atoms with E-state index in [0.717, 1.165) is 34.1 Å². The lowest BCUT2D eigenvalue weighted by Gasteiger charge is -2.27. The Kier molecular flexibility index (Phi) is 9.74. The van der Waals surface area contributed by atoms with Crippen molar-refractivity contribution < 1.29 is 0 Å². The predicted octanol–water partition coefficient (Wildman–Crippen LogP) is 13.7. The first-order valence-corrected chi connectivity index (χ1v) is 18.0. The zero-order valence-corrected chi connectivity index (χ0v) is 30.8. The Morgan fingerprint density at radius 2 is 1.30 bits per heavy atom. The predicted molar refractivity (Wildman–Crippen MR) is 234 cm³/mol. The third-order valence-corrected chi connectivity index (χ3v) is 10.1. The van der Waals surface area contributed by atoms with E-state index in [4.69, 9.17) is 0 Å². The van der Waals surface area contributed by atoms with Gasteiger partial charge >= 0.3 is 0 Å². The summed E-state index contributed by atoms with van der Waals surface area (Å²) in [4.78, 5) is 2.18. The molecule has 6 aromatic carbocycles. The van der Waals surface area contributed by atoms with Crippen LogP contribution in [0, 0.1) is 6.92 Å². The third-order valence-electron chi connectivity index (χ3n) is 10.1. The minimum Gasteiger partial charge on any atom is -0.311 e. The van der Waals surface area contributed by atoms with Crippen molar-refractivity contribution in [3.63, 3.8) is 0 Å². The number of anilines is 1. The van der Waals surface area contributed by atoms with Crippen LogP contribution >= 0.6 is 0 Å². The molecule has 0 saturated heterocycles. The minimum atomic E-state index is 0.969. The van der Waals surface area contributed by atoms with Gasteiger partial charge in [0, 0.05) is 57.8 Å². The number of hydrogen-bond acceptors (Lipinski definition) is 1. The molecular formula is C50H44N3+. The maximum Gasteiger partial charge on any atom is 0.219 e. The molecule has 0 aliphatic carbocycles. The molecular weight excluding hydrogens is 643 g/mol. The van der Waals surface area contributed by atoms with Crippen LogP contribution in [-0.4, -0.2) is 10.8 Å². The number of benzene rings is 5. The SMILES string of the molecule is C=C.C=C/C(=C\C)N(/C(C=C)=C/C=C\C)c1ccc([N+]2=CC=Cc3c(C)c4c2cccc4c2cccc4c2c2c3cccc2n4-c2ccccc2)cc1. The maximum atomic E-state index is 4.11. The number of aryl methyl sites for hydroxylation is 1. The molecule has 2 bridgehead atoms. The molecule has 0 amide bonds. The van der Waals surface area contributed by atoms with Crippen LogP contribution in [0.4, 0.5) is 17.1 Å². The number of nitrogens with zero attached hydrogens (tertiary/aromatic N) is 3. The fraction of sp³-hybridized carbons (Fsp3) is 0.0600. The molecule has 3 nitrogen and oxygen atoms in total. The molecule has 0 fully saturated rings. The molecule has 1 aromatic heterocycles. The fourth-order valence-corrected chi connectivity index (χ4v) is 7.83. The highest BCUT2D eigenvalue weighted by Gasteiger charge is 2.25. The van der Waals surface area contributed by atoms with E-state index in [1.807, 2.05) is 38.2 Å². The topological polar surface area (TPSA) is 11.2 Å². The molecule has 1 aliphatic rings. The molecule has 0 unspecified atom stereocenters. The molecule has 1 aliphatic heterocycles. The van der Waals surface area contributed by atoms with Crippen LogP contribution in [0.15, 0.2) is 189 Å². The maximum absolute atomic E-state index is 4.11. The summed E-state index contributed by atoms with van der Waals surface area (Å²) >= 11 is 0. The Hall–Kier alpha value is -6.71. The number of fused-ring (bicyclic) bond motifs is 3. The molecule has 0 radical (unpaired) electrons. The van der Waals surface area contributed by atoms with E-state index in [-0.39, 0.29) is 0 Å². The Bertz CT molecular complexity index is 2690. The van der Waals surface area contributed by atoms with Crippen LogP contribution < -0.4 is 9.48 Å². The summed E-state index contributed by atoms with van der Waals surface area (Å²) in [6.45, 7) is 20.5. The summed E-state index contributed by atoms with van der Waals surface area (Å²) in [6, 6.07) is 39.7. The molecule has 8 rings (SSSR count). The summed E-state index contributed by atoms with van der Waals surface area (Å²) in [5.74, 6) is 0. The monoisotopic (exact) mass is 686 g/mol. The minimum absolute atomic E-state index is 0.969. The molecule has 53 heavy (non-hydrogen) atoms. The molecule has 3 heteroatoms. The average Bonchev–Trinajstić information content (AvgIpc) is 3.56. The normalized spacial score (nSPS) is 12.9. The summed E-state index contributed by atoms with van der Waals surface area (Å²) in [5.41, 5.74) is 11.3. The van der Waals surface area contributed by atoms with Gasteiger partial charge in [0.2, 0.25) is 11.4 Å². The molecule has 0 atom stereocenters. The quantitative estimate of drug-likeness (QED) is 0.0880. The molecule has 7 aromatic rings. The first kappa shape index (κ1) is 34.7. The number of aromatic nitrogens is 1. The number of rotatable bonds is 8. The summed E-state index contributed by atoms with van der Waals surface area (Å²) in [5, 5.41) is 7.56. The van der Waals surface area contributed by atoms with Gasteiger partial charge in [-0.2, -0.15) is 4.58 Å². The van der Waals surface area contributed by atoms with E-state index < -0.39 is 0 Å². The van der Waals surface area contributed by atoms with Gasteiger partial charge in [0.25, 0.3) is 0 Å². The summed E-state index contributed by atoms with van der Waals surface area (Å²) in [7, 11) is 0. The van der Waals surface area contributed by atoms with Crippen molar-refractivity contribution >= 4 is 72.7 Å². The first-order chi connectivity index (χ1) is 26.1. The van der Waals surface area contributed by atoms with Crippen LogP contribution in [0.5, 0.6) is 0 Å². The number of para-hydroxylation sites is 1. The van der Waals surface area contributed by atoms with Crippen molar-refractivity contribution in [2.24, 2.45) is 0 Å². The number of hydrogen-bond donors (Lipinski definition) is 0. The van der Waals surface area contributed by atoms with Crippen molar-refractivity contribution in [2.45, 2.75) is 20.8 Å². The Labute approximate surface area is 312 Å². The average molecular weight is 687 g/mol. The van der Waals surface area contributed by atoms with Gasteiger partial charge in [-0.3, -0.25) is 0 Å². The molecule has 0 N–H and O–H groups in total. The zero-order valence-electron chi connectivity index (χ0n) is 30.8. The van der Waals surface area contributed by atoms with Crippen molar-refractivity contribution in [1.29, 1.82) is 0 Å². The molecule has 258 valence electrons. The standard InChI is InChI=1S/C48H40N3.C2H4/c1-6-10-18-35(9-4)50(34(7-2)8-3)38-30-28-36(29-31-38)49-32-17-24-39-33(5)46-41(22-14-25-43(46)49)42-23-16-27-45-48(42)47-40(39)21-15-26-44(47)51(45)37-19-12-11-13-20-37;1-2/h6-32H,2,4H2,1,3,5H3;1-2H2/q+1;/b10-6-,24-17?,32-17?,34-8+,35-18+,39-24?,39-33?,40-39?,42-41?,46-33?;. The Morgan fingerprint density at radius 1 is 0.679 bits per heavy atom. The van der Waals surface area contributed by atoms with Gasteiger partial charge in [-0.15, -0.1) is 13.2 Å². The Morgan fingerprint density at radius 3 is 1.94 bits per heavy atom. The third kappa shape index (κ3) is 5.77. The highest BCUT2D eigenvalue weighted by atomic mass is 15.2. The van der Waals surface area contributed by atoms with Gasteiger partial charge in [-0.25, -0.2) is 0 Å². The van der Waals surface area contributed by atoms with Crippen molar-refractivity contribution in [2.75, 3.05) is 4.90 Å². The van der Waals surface area contributed by atoms with Crippen LogP contribution in [-0.2, 0) is 0 Å². The molecule has 2 heterocycles. The van der Waals surface area contributed by atoms with Crippen molar-refractivity contribution in [1.82, 2.24) is 9.14 Å². The zero-order chi connectivity index (χ0) is 37.1. The van der Waals surface area contributed by atoms with Crippen molar-refractivity contribution in [3.05, 3.63) is 201 Å². The Balaban J connectivity index is 0.00000214. The fourth-order valence-electron chi connectivity index (χ4n) is 7.83. The lowest BCUT2D eigenvalue weighted by atomic mass is 9.91. The van der Waals surface area contributed by atoms with Gasteiger partial charge in [0.1, 0.15) is 0 Å². The second-order valence-electron chi connectivity index (χ2n) is 12.8. The van der Waals surface area contributed by atoms with Gasteiger partial charge in [-0.05, 0) is 109 Å². The highest BCUT2D eigenvalue weighted by Crippen LogP contribution is 2.44. The molecule has 0 spiro atoms. The van der Waals surface area contributed by atoms with Crippen LogP contribution in [0.25, 0.3) is 55.1 Å². The lowest BCUT2D eigenvalue weighted by molar-refractivity contribution is 1.10. The van der Waals surface area contributed by atoms with E-state index in [2.05, 4.69) is 187 Å². The van der Waals surface area contributed by atoms with Crippen LogP contribution in [0.2, 0.25) is 0 Å². The van der Waals surface area contributed by atoms with Gasteiger partial charge in [0.05, 0.1) is 16.4 Å². The van der Waals surface area contributed by atoms with E-state index in [1.165, 1.54) is 54.5 Å². The second-order valence-corrected chi connectivity index (χ2v) is 12.8. The second kappa shape index (κ2) is 14.9. The molecule has 0 saturated carbocycles. The first-order valence-electron chi connectivity index (χ1n) is 18.0. The van der Waals surface area contributed by atoms with E-state index in [1.54, 1.807) is 0 Å². The van der Waals surface area contributed by atoms with Crippen molar-refractivity contribution in [3.8, 4) is 5.69 Å². The van der Waals surface area contributed by atoms with Crippen LogP contribution in [0.1, 0.15) is 25.0 Å². The van der Waals surface area contributed by atoms with Crippen LogP contribution in [0.3, 0.4) is 0 Å². The van der Waals surface area contributed by atoms with Gasteiger partial charge in [-0.1, -0.05) is 86.0 Å². The summed E-state index contributed by atoms with van der Waals surface area (Å²) in [6.07, 6.45) is 18.6. The number of allylic oxidation sites excluding steroid dienone is 7. The van der Waals surface area contributed by atoms with Gasteiger partial charge < -0.3 is 9.47 Å². The van der Waals surface area contributed by atoms with E-state index in [9.17, 15) is 0 Å². The smallest absolute Gasteiger partial charge is 0.219 e. The highest BCUT2D eigenvalue weighted by molar-refractivity contribution is 6.29. The van der Waals surface area contributed by atoms with Gasteiger partial charge in [0.15, 0.2) is 6.21 Å². The van der Waals surface area contributed by atoms with E-state index in [0.29, 0.717) is 0 Å². The largest absolute Gasteiger partial charge is 0.311 e. The van der Waals surface area contributed by atoms with E-state index >= 15 is 0 Å².